The number of aromatic hydroxyl groups is 1. The zero-order chi connectivity index (χ0) is 31.5. The number of alkyl halides is 6. The van der Waals surface area contributed by atoms with E-state index in [4.69, 9.17) is 21.1 Å². The third-order valence-electron chi connectivity index (χ3n) is 5.79. The molecule has 1 aliphatic rings. The highest BCUT2D eigenvalue weighted by Crippen LogP contribution is 2.46. The number of hydrogen-bond acceptors (Lipinski definition) is 5. The molecular weight excluding hydrogens is 590 g/mol. The number of rotatable bonds is 7. The van der Waals surface area contributed by atoms with Crippen LogP contribution in [0, 0.1) is 0 Å². The van der Waals surface area contributed by atoms with E-state index >= 15 is 0 Å². The van der Waals surface area contributed by atoms with Gasteiger partial charge in [0.25, 0.3) is 0 Å². The number of nitrogens with zero attached hydrogens (tertiary/aromatic N) is 1. The van der Waals surface area contributed by atoms with E-state index in [0.29, 0.717) is 5.57 Å². The molecular formula is C29H29ClF6N2O4. The third-order valence-corrected chi connectivity index (χ3v) is 6.12. The molecule has 0 fully saturated rings. The molecule has 0 bridgehead atoms. The van der Waals surface area contributed by atoms with Gasteiger partial charge in [0.05, 0.1) is 22.8 Å². The molecule has 1 heterocycles. The Morgan fingerprint density at radius 3 is 2.38 bits per heavy atom. The number of ether oxygens (including phenoxy) is 2. The molecule has 0 saturated carbocycles. The molecule has 228 valence electrons. The molecule has 42 heavy (non-hydrogen) atoms. The van der Waals surface area contributed by atoms with E-state index in [2.05, 4.69) is 10.3 Å². The van der Waals surface area contributed by atoms with Gasteiger partial charge in [-0.25, -0.2) is 4.79 Å². The Morgan fingerprint density at radius 1 is 1.07 bits per heavy atom. The molecule has 0 saturated heterocycles. The molecule has 0 radical (unpaired) electrons. The number of alkyl carbamates (subject to hydrolysis) is 1. The maximum atomic E-state index is 13.7. The van der Waals surface area contributed by atoms with Gasteiger partial charge in [0.1, 0.15) is 22.8 Å². The molecule has 2 aromatic carbocycles. The molecule has 0 aromatic heterocycles. The Kier molecular flexibility index (Phi) is 9.92. The van der Waals surface area contributed by atoms with Gasteiger partial charge in [-0.15, -0.1) is 0 Å². The zero-order valence-electron chi connectivity index (χ0n) is 23.1. The predicted octanol–water partition coefficient (Wildman–Crippen LogP) is 8.72. The fraction of sp³-hybridized carbons (Fsp3) is 0.379. The number of amides is 1. The van der Waals surface area contributed by atoms with Gasteiger partial charge >= 0.3 is 18.4 Å². The topological polar surface area (TPSA) is 80.2 Å². The van der Waals surface area contributed by atoms with Crippen LogP contribution in [0.4, 0.5) is 31.1 Å². The number of benzene rings is 2. The fourth-order valence-corrected chi connectivity index (χ4v) is 4.22. The highest BCUT2D eigenvalue weighted by molar-refractivity contribution is 6.31. The summed E-state index contributed by atoms with van der Waals surface area (Å²) in [6.45, 7) is 6.78. The van der Waals surface area contributed by atoms with E-state index in [1.54, 1.807) is 27.7 Å². The molecule has 2 aromatic rings. The van der Waals surface area contributed by atoms with Gasteiger partial charge in [0.15, 0.2) is 0 Å². The maximum Gasteiger partial charge on any atom is 0.433 e. The lowest BCUT2D eigenvalue weighted by atomic mass is 9.92. The van der Waals surface area contributed by atoms with E-state index in [1.807, 2.05) is 0 Å². The Morgan fingerprint density at radius 2 is 1.76 bits per heavy atom. The summed E-state index contributed by atoms with van der Waals surface area (Å²) in [4.78, 5) is 15.3. The SMILES string of the molecule is CC1=CN=C(C(F)(F)F)C=C(c2ccc(OCCCNC(=O)OC(C)(C)C)c(-c3ccc(Cl)c(C(F)(F)F)c3)c2O)C1. The number of aliphatic imine (C=N–C) groups is 1. The maximum absolute atomic E-state index is 13.7. The molecule has 0 aliphatic carbocycles. The number of nitrogens with one attached hydrogen (secondary N) is 1. The highest BCUT2D eigenvalue weighted by atomic mass is 35.5. The van der Waals surface area contributed by atoms with Gasteiger partial charge in [-0.3, -0.25) is 4.99 Å². The number of carbonyl (C=O) groups is 1. The van der Waals surface area contributed by atoms with Crippen molar-refractivity contribution in [3.8, 4) is 22.6 Å². The van der Waals surface area contributed by atoms with Crippen molar-refractivity contribution in [2.75, 3.05) is 13.2 Å². The van der Waals surface area contributed by atoms with Gasteiger partial charge in [-0.05, 0) is 82.0 Å². The molecule has 0 spiro atoms. The number of allylic oxidation sites excluding steroid dienone is 3. The Balaban J connectivity index is 2.02. The first-order valence-electron chi connectivity index (χ1n) is 12.7. The van der Waals surface area contributed by atoms with Gasteiger partial charge in [0.2, 0.25) is 0 Å². The Hall–Kier alpha value is -3.67. The molecule has 13 heteroatoms. The van der Waals surface area contributed by atoms with Crippen molar-refractivity contribution in [2.45, 2.75) is 58.5 Å². The number of phenols is 1. The quantitative estimate of drug-likeness (QED) is 0.240. The normalized spacial score (nSPS) is 14.4. The lowest BCUT2D eigenvalue weighted by Crippen LogP contribution is -2.33. The van der Waals surface area contributed by atoms with Gasteiger partial charge in [-0.1, -0.05) is 23.2 Å². The summed E-state index contributed by atoms with van der Waals surface area (Å²) in [5.41, 5.74) is -2.89. The summed E-state index contributed by atoms with van der Waals surface area (Å²) in [6, 6.07) is 5.65. The van der Waals surface area contributed by atoms with Crippen molar-refractivity contribution in [2.24, 2.45) is 4.99 Å². The van der Waals surface area contributed by atoms with Crippen molar-refractivity contribution in [1.82, 2.24) is 5.32 Å². The first kappa shape index (κ1) is 32.8. The number of hydrogen-bond donors (Lipinski definition) is 2. The van der Waals surface area contributed by atoms with Crippen LogP contribution >= 0.6 is 11.6 Å². The lowest BCUT2D eigenvalue weighted by Gasteiger charge is -2.20. The van der Waals surface area contributed by atoms with E-state index in [0.717, 1.165) is 24.4 Å². The largest absolute Gasteiger partial charge is 0.507 e. The molecule has 6 nitrogen and oxygen atoms in total. The molecule has 1 aliphatic heterocycles. The second-order valence-electron chi connectivity index (χ2n) is 10.5. The van der Waals surface area contributed by atoms with E-state index in [-0.39, 0.29) is 54.0 Å². The van der Waals surface area contributed by atoms with Crippen LogP contribution in [0.25, 0.3) is 16.7 Å². The lowest BCUT2D eigenvalue weighted by molar-refractivity contribution is -0.137. The Bertz CT molecular complexity index is 1420. The number of halogens is 7. The summed E-state index contributed by atoms with van der Waals surface area (Å²) < 4.78 is 92.5. The molecule has 0 atom stereocenters. The summed E-state index contributed by atoms with van der Waals surface area (Å²) in [5.74, 6) is -0.618. The standard InChI is InChI=1S/C29H29ClF6N2O4/c1-16-12-18(14-23(38-15-16)29(34,35)36)19-7-9-22(41-11-5-10-37-26(40)42-27(2,3)4)24(25(19)39)17-6-8-21(30)20(13-17)28(31,32)33/h6-9,13-15,39H,5,10-12H2,1-4H3,(H,37,40). The van der Waals surface area contributed by atoms with Crippen LogP contribution in [0.5, 0.6) is 11.5 Å². The van der Waals surface area contributed by atoms with E-state index < -0.39 is 46.1 Å². The van der Waals surface area contributed by atoms with Crippen LogP contribution < -0.4 is 10.1 Å². The average Bonchev–Trinajstić information content (AvgIpc) is 3.04. The summed E-state index contributed by atoms with van der Waals surface area (Å²) in [5, 5.41) is 13.3. The molecule has 0 unspecified atom stereocenters. The van der Waals surface area contributed by atoms with Crippen LogP contribution in [0.15, 0.2) is 53.2 Å². The van der Waals surface area contributed by atoms with E-state index in [9.17, 15) is 36.2 Å². The molecule has 2 N–H and O–H groups in total. The monoisotopic (exact) mass is 618 g/mol. The second-order valence-corrected chi connectivity index (χ2v) is 10.9. The van der Waals surface area contributed by atoms with Crippen molar-refractivity contribution in [3.63, 3.8) is 0 Å². The number of phenolic OH excluding ortho intramolecular Hbond substituents is 1. The summed E-state index contributed by atoms with van der Waals surface area (Å²) >= 11 is 5.78. The van der Waals surface area contributed by atoms with Gasteiger partial charge in [-0.2, -0.15) is 26.3 Å². The van der Waals surface area contributed by atoms with Crippen LogP contribution in [0.2, 0.25) is 5.02 Å². The third kappa shape index (κ3) is 8.67. The van der Waals surface area contributed by atoms with Crippen molar-refractivity contribution < 1.29 is 45.7 Å². The van der Waals surface area contributed by atoms with Crippen LogP contribution in [0.3, 0.4) is 0 Å². The second kappa shape index (κ2) is 12.7. The molecule has 1 amide bonds. The zero-order valence-corrected chi connectivity index (χ0v) is 23.9. The fourth-order valence-electron chi connectivity index (χ4n) is 4.00. The van der Waals surface area contributed by atoms with Crippen LogP contribution in [-0.2, 0) is 10.9 Å². The van der Waals surface area contributed by atoms with Crippen LogP contribution in [-0.4, -0.2) is 41.8 Å². The van der Waals surface area contributed by atoms with Crippen LogP contribution in [0.1, 0.15) is 51.7 Å². The minimum absolute atomic E-state index is 0.0129. The smallest absolute Gasteiger partial charge is 0.433 e. The minimum atomic E-state index is -4.82. The summed E-state index contributed by atoms with van der Waals surface area (Å²) in [7, 11) is 0. The van der Waals surface area contributed by atoms with Crippen molar-refractivity contribution >= 4 is 29.0 Å². The summed E-state index contributed by atoms with van der Waals surface area (Å²) in [6.07, 6.45) is -8.14. The minimum Gasteiger partial charge on any atom is -0.507 e. The molecule has 3 rings (SSSR count). The highest BCUT2D eigenvalue weighted by Gasteiger charge is 2.36. The average molecular weight is 619 g/mol. The Labute approximate surface area is 243 Å². The van der Waals surface area contributed by atoms with E-state index in [1.165, 1.54) is 18.2 Å². The number of carbonyl (C=O) groups excluding carboxylic acids is 1. The van der Waals surface area contributed by atoms with Crippen molar-refractivity contribution in [1.29, 1.82) is 0 Å². The van der Waals surface area contributed by atoms with Gasteiger partial charge in [0, 0.05) is 18.3 Å². The predicted molar refractivity (Wildman–Crippen MR) is 148 cm³/mol. The first-order chi connectivity index (χ1) is 19.4. The first-order valence-corrected chi connectivity index (χ1v) is 13.1. The van der Waals surface area contributed by atoms with Crippen molar-refractivity contribution in [3.05, 3.63) is 64.3 Å². The van der Waals surface area contributed by atoms with Gasteiger partial charge < -0.3 is 19.9 Å².